The molecule has 2 nitrogen and oxygen atoms in total. The summed E-state index contributed by atoms with van der Waals surface area (Å²) in [6.07, 6.45) is 0. The molecule has 0 aromatic heterocycles. The Morgan fingerprint density at radius 2 is 1.33 bits per heavy atom. The molecule has 0 saturated carbocycles. The van der Waals surface area contributed by atoms with Gasteiger partial charge in [-0.2, -0.15) is 0 Å². The Hall–Kier alpha value is -2.57. The second-order valence-corrected chi connectivity index (χ2v) is 8.37. The smallest absolute Gasteiger partial charge is 0.176 e. The highest BCUT2D eigenvalue weighted by Crippen LogP contribution is 2.64. The zero-order valence-corrected chi connectivity index (χ0v) is 14.2. The zero-order valence-electron chi connectivity index (χ0n) is 13.3. The molecule has 3 heteroatoms. The monoisotopic (exact) mass is 332 g/mol. The molecule has 1 atom stereocenters. The lowest BCUT2D eigenvalue weighted by molar-refractivity contribution is 0.373. The van der Waals surface area contributed by atoms with Crippen LogP contribution in [0.2, 0.25) is 0 Å². The zero-order chi connectivity index (χ0) is 16.6. The van der Waals surface area contributed by atoms with Gasteiger partial charge in [0.2, 0.25) is 0 Å². The number of benzene rings is 3. The summed E-state index contributed by atoms with van der Waals surface area (Å²) in [4.78, 5) is 0. The van der Waals surface area contributed by atoms with E-state index >= 15 is 0 Å². The minimum Gasteiger partial charge on any atom is -0.495 e. The number of hydrogen-bond acceptors (Lipinski definition) is 2. The van der Waals surface area contributed by atoms with E-state index in [0.29, 0.717) is 5.76 Å². The Balaban J connectivity index is 2.10. The van der Waals surface area contributed by atoms with Gasteiger partial charge in [-0.25, -0.2) is 0 Å². The summed E-state index contributed by atoms with van der Waals surface area (Å²) >= 11 is 0. The molecular weight excluding hydrogens is 315 g/mol. The maximum atomic E-state index is 14.4. The molecule has 0 spiro atoms. The molecule has 1 aliphatic rings. The van der Waals surface area contributed by atoms with Crippen LogP contribution in [-0.4, -0.2) is 7.11 Å². The molecule has 0 N–H and O–H groups in total. The molecule has 3 aromatic carbocycles. The molecule has 0 bridgehead atoms. The maximum Gasteiger partial charge on any atom is 0.176 e. The van der Waals surface area contributed by atoms with E-state index in [0.717, 1.165) is 27.1 Å². The van der Waals surface area contributed by atoms with E-state index in [1.54, 1.807) is 7.11 Å². The lowest BCUT2D eigenvalue weighted by atomic mass is 10.1. The summed E-state index contributed by atoms with van der Waals surface area (Å²) in [6, 6.07) is 27.4. The quantitative estimate of drug-likeness (QED) is 0.661. The highest BCUT2D eigenvalue weighted by Gasteiger charge is 2.43. The number of methoxy groups -OCH3 is 1. The van der Waals surface area contributed by atoms with Crippen LogP contribution in [0.25, 0.3) is 11.1 Å². The highest BCUT2D eigenvalue weighted by molar-refractivity contribution is 7.88. The van der Waals surface area contributed by atoms with E-state index in [1.165, 1.54) is 0 Å². The average Bonchev–Trinajstić information content (AvgIpc) is 2.93. The Kier molecular flexibility index (Phi) is 3.63. The standard InChI is InChI=1S/C21H17O2P/c1-23-20-18-14-8-9-15-19(18)24(22,17-12-6-3-7-13-17)21(20)16-10-4-2-5-11-16/h2-15H,1H3. The number of fused-ring (bicyclic) bond motifs is 1. The molecule has 0 saturated heterocycles. The summed E-state index contributed by atoms with van der Waals surface area (Å²) in [6.45, 7) is 0. The van der Waals surface area contributed by atoms with Gasteiger partial charge in [0.15, 0.2) is 7.14 Å². The van der Waals surface area contributed by atoms with Crippen LogP contribution in [0.1, 0.15) is 11.1 Å². The average molecular weight is 332 g/mol. The number of rotatable bonds is 3. The van der Waals surface area contributed by atoms with E-state index in [2.05, 4.69) is 0 Å². The van der Waals surface area contributed by atoms with Crippen molar-refractivity contribution in [3.63, 3.8) is 0 Å². The van der Waals surface area contributed by atoms with Gasteiger partial charge in [-0.1, -0.05) is 84.9 Å². The summed E-state index contributed by atoms with van der Waals surface area (Å²) in [5.41, 5.74) is 1.86. The first-order valence-corrected chi connectivity index (χ1v) is 9.57. The Morgan fingerprint density at radius 1 is 0.750 bits per heavy atom. The summed E-state index contributed by atoms with van der Waals surface area (Å²) in [5, 5.41) is 2.48. The highest BCUT2D eigenvalue weighted by atomic mass is 31.2. The van der Waals surface area contributed by atoms with Crippen molar-refractivity contribution in [2.24, 2.45) is 0 Å². The minimum atomic E-state index is -2.96. The van der Waals surface area contributed by atoms with Crippen molar-refractivity contribution in [2.75, 3.05) is 7.11 Å². The first-order chi connectivity index (χ1) is 11.8. The Bertz CT molecular complexity index is 959. The van der Waals surface area contributed by atoms with Gasteiger partial charge in [-0.15, -0.1) is 0 Å². The Morgan fingerprint density at radius 3 is 2.00 bits per heavy atom. The molecule has 0 amide bonds. The molecule has 0 fully saturated rings. The molecule has 1 unspecified atom stereocenters. The van der Waals surface area contributed by atoms with Crippen LogP contribution in [-0.2, 0) is 9.30 Å². The van der Waals surface area contributed by atoms with Crippen molar-refractivity contribution >= 4 is 28.8 Å². The van der Waals surface area contributed by atoms with E-state index in [-0.39, 0.29) is 0 Å². The fourth-order valence-corrected chi connectivity index (χ4v) is 6.54. The molecule has 1 aliphatic heterocycles. The Labute approximate surface area is 141 Å². The van der Waals surface area contributed by atoms with Crippen molar-refractivity contribution < 1.29 is 9.30 Å². The van der Waals surface area contributed by atoms with Crippen molar-refractivity contribution in [3.8, 4) is 0 Å². The van der Waals surface area contributed by atoms with E-state index < -0.39 is 7.14 Å². The van der Waals surface area contributed by atoms with Crippen LogP contribution in [0.4, 0.5) is 0 Å². The van der Waals surface area contributed by atoms with Gasteiger partial charge in [-0.3, -0.25) is 0 Å². The van der Waals surface area contributed by atoms with Crippen LogP contribution in [0.15, 0.2) is 84.9 Å². The number of hydrogen-bond donors (Lipinski definition) is 0. The molecule has 0 aliphatic carbocycles. The normalized spacial score (nSPS) is 19.2. The van der Waals surface area contributed by atoms with Crippen molar-refractivity contribution in [1.82, 2.24) is 0 Å². The van der Waals surface area contributed by atoms with Gasteiger partial charge < -0.3 is 9.30 Å². The molecule has 24 heavy (non-hydrogen) atoms. The maximum absolute atomic E-state index is 14.4. The van der Waals surface area contributed by atoms with E-state index in [1.807, 2.05) is 84.9 Å². The summed E-state index contributed by atoms with van der Waals surface area (Å²) < 4.78 is 20.1. The van der Waals surface area contributed by atoms with Crippen LogP contribution < -0.4 is 10.6 Å². The summed E-state index contributed by atoms with van der Waals surface area (Å²) in [7, 11) is -1.31. The fraction of sp³-hybridized carbons (Fsp3) is 0.0476. The largest absolute Gasteiger partial charge is 0.495 e. The van der Waals surface area contributed by atoms with Crippen molar-refractivity contribution in [2.45, 2.75) is 0 Å². The van der Waals surface area contributed by atoms with E-state index in [4.69, 9.17) is 4.74 Å². The van der Waals surface area contributed by atoms with E-state index in [9.17, 15) is 4.57 Å². The molecule has 118 valence electrons. The lowest BCUT2D eigenvalue weighted by Gasteiger charge is -2.18. The molecule has 3 aromatic rings. The first-order valence-electron chi connectivity index (χ1n) is 7.86. The first kappa shape index (κ1) is 15.0. The van der Waals surface area contributed by atoms with Gasteiger partial charge in [0.1, 0.15) is 5.76 Å². The second-order valence-electron chi connectivity index (χ2n) is 5.71. The predicted octanol–water partition coefficient (Wildman–Crippen LogP) is 4.49. The SMILES string of the molecule is COC1=C(c2ccccc2)P(=O)(c2ccccc2)c2ccccc21. The van der Waals surface area contributed by atoms with Gasteiger partial charge >= 0.3 is 0 Å². The fourth-order valence-electron chi connectivity index (χ4n) is 3.35. The van der Waals surface area contributed by atoms with Crippen LogP contribution in [0.3, 0.4) is 0 Å². The lowest BCUT2D eigenvalue weighted by Crippen LogP contribution is -2.15. The molecule has 0 radical (unpaired) electrons. The van der Waals surface area contributed by atoms with Gasteiger partial charge in [0, 0.05) is 16.2 Å². The second kappa shape index (κ2) is 5.81. The predicted molar refractivity (Wildman–Crippen MR) is 100 cm³/mol. The molecule has 1 heterocycles. The topological polar surface area (TPSA) is 26.3 Å². The molecular formula is C21H17O2P. The van der Waals surface area contributed by atoms with Crippen molar-refractivity contribution in [1.29, 1.82) is 0 Å². The van der Waals surface area contributed by atoms with Crippen LogP contribution >= 0.6 is 7.14 Å². The minimum absolute atomic E-state index is 0.712. The van der Waals surface area contributed by atoms with Crippen LogP contribution in [0, 0.1) is 0 Å². The third-order valence-electron chi connectivity index (χ3n) is 4.39. The summed E-state index contributed by atoms with van der Waals surface area (Å²) in [5.74, 6) is 0.712. The third-order valence-corrected chi connectivity index (χ3v) is 7.57. The van der Waals surface area contributed by atoms with Crippen molar-refractivity contribution in [3.05, 3.63) is 96.1 Å². The van der Waals surface area contributed by atoms with Gasteiger partial charge in [0.05, 0.1) is 12.4 Å². The van der Waals surface area contributed by atoms with Crippen LogP contribution in [0.5, 0.6) is 0 Å². The number of ether oxygens (including phenoxy) is 1. The molecule has 4 rings (SSSR count). The third kappa shape index (κ3) is 2.07. The van der Waals surface area contributed by atoms with Gasteiger partial charge in [0.25, 0.3) is 0 Å². The van der Waals surface area contributed by atoms with Gasteiger partial charge in [-0.05, 0) is 5.56 Å².